The van der Waals surface area contributed by atoms with Crippen LogP contribution in [-0.4, -0.2) is 28.5 Å². The van der Waals surface area contributed by atoms with Gasteiger partial charge in [-0.3, -0.25) is 14.4 Å². The third-order valence-corrected chi connectivity index (χ3v) is 8.12. The monoisotopic (exact) mass is 504 g/mol. The average molecular weight is 505 g/mol. The lowest BCUT2D eigenvalue weighted by Gasteiger charge is -2.35. The first kappa shape index (κ1) is 22.0. The van der Waals surface area contributed by atoms with Crippen molar-refractivity contribution >= 4 is 51.7 Å². The molecule has 2 saturated heterocycles. The first-order chi connectivity index (χ1) is 18.0. The van der Waals surface area contributed by atoms with Crippen LogP contribution in [0.5, 0.6) is 0 Å². The molecule has 0 unspecified atom stereocenters. The summed E-state index contributed by atoms with van der Waals surface area (Å²) >= 11 is 6.07. The Morgan fingerprint density at radius 2 is 1.46 bits per heavy atom. The van der Waals surface area contributed by atoms with Crippen molar-refractivity contribution in [3.05, 3.63) is 119 Å². The number of carbonyl (C=O) groups is 3. The number of hydrogen-bond acceptors (Lipinski definition) is 4. The number of hydrogen-bond donors (Lipinski definition) is 0. The van der Waals surface area contributed by atoms with Crippen LogP contribution < -0.4 is 4.90 Å². The third-order valence-electron chi connectivity index (χ3n) is 7.87. The van der Waals surface area contributed by atoms with Gasteiger partial charge in [-0.1, -0.05) is 72.3 Å². The Bertz CT molecular complexity index is 1640. The van der Waals surface area contributed by atoms with Crippen LogP contribution >= 0.6 is 11.6 Å². The molecule has 0 spiro atoms. The van der Waals surface area contributed by atoms with Gasteiger partial charge in [0.25, 0.3) is 0 Å². The van der Waals surface area contributed by atoms with E-state index in [0.29, 0.717) is 16.3 Å². The quantitative estimate of drug-likeness (QED) is 0.258. The fourth-order valence-electron chi connectivity index (χ4n) is 6.28. The molecule has 0 aliphatic carbocycles. The van der Waals surface area contributed by atoms with Crippen LogP contribution in [0.4, 0.5) is 5.69 Å². The molecule has 3 aliphatic heterocycles. The van der Waals surface area contributed by atoms with E-state index in [9.17, 15) is 14.4 Å². The maximum atomic E-state index is 14.2. The number of anilines is 1. The van der Waals surface area contributed by atoms with Gasteiger partial charge in [0.15, 0.2) is 5.78 Å². The van der Waals surface area contributed by atoms with Gasteiger partial charge in [0, 0.05) is 22.2 Å². The van der Waals surface area contributed by atoms with Crippen LogP contribution in [0.15, 0.2) is 97.2 Å². The van der Waals surface area contributed by atoms with Gasteiger partial charge in [0.05, 0.1) is 23.6 Å². The summed E-state index contributed by atoms with van der Waals surface area (Å²) in [5, 5.41) is 2.30. The number of nitrogens with zero attached hydrogens (tertiary/aromatic N) is 2. The molecule has 0 saturated carbocycles. The summed E-state index contributed by atoms with van der Waals surface area (Å²) in [5.74, 6) is -2.29. The molecule has 3 heterocycles. The van der Waals surface area contributed by atoms with E-state index in [4.69, 9.17) is 11.6 Å². The second-order valence-electron chi connectivity index (χ2n) is 9.71. The summed E-state index contributed by atoms with van der Waals surface area (Å²) in [6.45, 7) is 0. The summed E-state index contributed by atoms with van der Waals surface area (Å²) in [7, 11) is 0. The van der Waals surface area contributed by atoms with Crippen LogP contribution in [0.2, 0.25) is 5.02 Å². The minimum Gasteiger partial charge on any atom is -0.358 e. The highest BCUT2D eigenvalue weighted by atomic mass is 35.5. The molecule has 4 atom stereocenters. The standard InChI is InChI=1S/C31H21ClN2O3/c32-21-14-12-20(13-15-21)29(35)28-26-25(27-23-10-4-2-7-19(23)16-17-33(27)28)30(36)34(31(26)37)24-11-5-8-18-6-1-3-9-22(18)24/h1-17,25-28H/t25-,26+,27+,28-/m0/s1. The van der Waals surface area contributed by atoms with Crippen molar-refractivity contribution < 1.29 is 14.4 Å². The molecule has 3 aliphatic rings. The summed E-state index contributed by atoms with van der Waals surface area (Å²) in [6, 6.07) is 26.7. The number of amides is 2. The zero-order valence-electron chi connectivity index (χ0n) is 19.6. The lowest BCUT2D eigenvalue weighted by molar-refractivity contribution is -0.123. The lowest BCUT2D eigenvalue weighted by atomic mass is 9.83. The number of fused-ring (bicyclic) bond motifs is 6. The van der Waals surface area contributed by atoms with Crippen molar-refractivity contribution in [1.29, 1.82) is 0 Å². The number of benzene rings is 4. The van der Waals surface area contributed by atoms with Crippen LogP contribution in [0.1, 0.15) is 27.5 Å². The van der Waals surface area contributed by atoms with Crippen molar-refractivity contribution in [2.24, 2.45) is 11.8 Å². The van der Waals surface area contributed by atoms with Gasteiger partial charge in [0.1, 0.15) is 6.04 Å². The predicted molar refractivity (Wildman–Crippen MR) is 143 cm³/mol. The van der Waals surface area contributed by atoms with Crippen molar-refractivity contribution in [2.75, 3.05) is 4.90 Å². The lowest BCUT2D eigenvalue weighted by Crippen LogP contribution is -2.44. The van der Waals surface area contributed by atoms with E-state index in [1.807, 2.05) is 83.9 Å². The number of carbonyl (C=O) groups excluding carboxylic acids is 3. The molecule has 6 heteroatoms. The maximum Gasteiger partial charge on any atom is 0.240 e. The number of Topliss-reactive ketones (excluding diaryl/α,β-unsaturated/α-hetero) is 1. The van der Waals surface area contributed by atoms with Crippen molar-refractivity contribution in [1.82, 2.24) is 4.90 Å². The van der Waals surface area contributed by atoms with Crippen molar-refractivity contribution in [3.8, 4) is 0 Å². The molecular formula is C31H21ClN2O3. The molecule has 4 aromatic carbocycles. The van der Waals surface area contributed by atoms with Gasteiger partial charge >= 0.3 is 0 Å². The van der Waals surface area contributed by atoms with E-state index in [2.05, 4.69) is 0 Å². The Labute approximate surface area is 218 Å². The second-order valence-corrected chi connectivity index (χ2v) is 10.2. The first-order valence-electron chi connectivity index (χ1n) is 12.2. The summed E-state index contributed by atoms with van der Waals surface area (Å²) in [5.41, 5.74) is 2.97. The zero-order chi connectivity index (χ0) is 25.3. The smallest absolute Gasteiger partial charge is 0.240 e. The Kier molecular flexibility index (Phi) is 4.85. The summed E-state index contributed by atoms with van der Waals surface area (Å²) in [4.78, 5) is 45.6. The largest absolute Gasteiger partial charge is 0.358 e. The minimum absolute atomic E-state index is 0.195. The van der Waals surface area contributed by atoms with Gasteiger partial charge in [-0.15, -0.1) is 0 Å². The molecule has 0 N–H and O–H groups in total. The average Bonchev–Trinajstić information content (AvgIpc) is 3.40. The highest BCUT2D eigenvalue weighted by molar-refractivity contribution is 6.30. The topological polar surface area (TPSA) is 57.7 Å². The molecule has 2 fully saturated rings. The molecule has 0 bridgehead atoms. The van der Waals surface area contributed by atoms with Crippen LogP contribution in [0, 0.1) is 11.8 Å². The predicted octanol–water partition coefficient (Wildman–Crippen LogP) is 5.89. The molecule has 37 heavy (non-hydrogen) atoms. The normalized spacial score (nSPS) is 23.8. The maximum absolute atomic E-state index is 14.2. The second kappa shape index (κ2) is 8.15. The van der Waals surface area contributed by atoms with Crippen LogP contribution in [-0.2, 0) is 9.59 Å². The molecule has 0 radical (unpaired) electrons. The van der Waals surface area contributed by atoms with Gasteiger partial charge in [-0.25, -0.2) is 4.90 Å². The Hall–Kier alpha value is -4.22. The number of halogens is 1. The molecule has 7 rings (SSSR count). The molecule has 0 aromatic heterocycles. The molecule has 5 nitrogen and oxygen atoms in total. The van der Waals surface area contributed by atoms with Crippen LogP contribution in [0.25, 0.3) is 16.8 Å². The summed E-state index contributed by atoms with van der Waals surface area (Å²) < 4.78 is 0. The number of ketones is 1. The Balaban J connectivity index is 1.40. The fraction of sp³-hybridized carbons (Fsp3) is 0.129. The minimum atomic E-state index is -0.810. The van der Waals surface area contributed by atoms with E-state index in [1.165, 1.54) is 4.90 Å². The van der Waals surface area contributed by atoms with E-state index in [-0.39, 0.29) is 17.6 Å². The van der Waals surface area contributed by atoms with Crippen molar-refractivity contribution in [3.63, 3.8) is 0 Å². The third kappa shape index (κ3) is 3.14. The zero-order valence-corrected chi connectivity index (χ0v) is 20.4. The number of imide groups is 1. The van der Waals surface area contributed by atoms with Crippen molar-refractivity contribution in [2.45, 2.75) is 12.1 Å². The highest BCUT2D eigenvalue weighted by Crippen LogP contribution is 2.54. The van der Waals surface area contributed by atoms with Crippen LogP contribution in [0.3, 0.4) is 0 Å². The summed E-state index contributed by atoms with van der Waals surface area (Å²) in [6.07, 6.45) is 3.82. The Morgan fingerprint density at radius 1 is 0.757 bits per heavy atom. The van der Waals surface area contributed by atoms with E-state index in [0.717, 1.165) is 21.9 Å². The fourth-order valence-corrected chi connectivity index (χ4v) is 6.41. The van der Waals surface area contributed by atoms with Gasteiger partial charge < -0.3 is 4.90 Å². The Morgan fingerprint density at radius 3 is 2.30 bits per heavy atom. The van der Waals surface area contributed by atoms with E-state index < -0.39 is 23.9 Å². The van der Waals surface area contributed by atoms with E-state index in [1.54, 1.807) is 24.3 Å². The molecule has 180 valence electrons. The number of rotatable bonds is 3. The SMILES string of the molecule is O=C(c1ccc(Cl)cc1)[C@@H]1[C@@H]2C(=O)N(c3cccc4ccccc34)C(=O)[C@@H]2[C@H]2c3ccccc3C=CN12. The molecular weight excluding hydrogens is 484 g/mol. The van der Waals surface area contributed by atoms with E-state index >= 15 is 0 Å². The molecule has 4 aromatic rings. The highest BCUT2D eigenvalue weighted by Gasteiger charge is 2.64. The van der Waals surface area contributed by atoms with Gasteiger partial charge in [-0.05, 0) is 52.9 Å². The van der Waals surface area contributed by atoms with Gasteiger partial charge in [0.2, 0.25) is 11.8 Å². The molecule has 2 amide bonds. The first-order valence-corrected chi connectivity index (χ1v) is 12.6. The van der Waals surface area contributed by atoms with Gasteiger partial charge in [-0.2, -0.15) is 0 Å².